The Hall–Kier alpha value is -1.77. The van der Waals surface area contributed by atoms with Crippen molar-refractivity contribution in [3.8, 4) is 0 Å². The first-order valence-corrected chi connectivity index (χ1v) is 11.8. The maximum absolute atomic E-state index is 13.5. The van der Waals surface area contributed by atoms with Crippen molar-refractivity contribution in [1.82, 2.24) is 14.7 Å². The van der Waals surface area contributed by atoms with Gasteiger partial charge < -0.3 is 10.1 Å². The van der Waals surface area contributed by atoms with E-state index in [9.17, 15) is 8.42 Å². The molecule has 2 aliphatic heterocycles. The first kappa shape index (κ1) is 20.5. The van der Waals surface area contributed by atoms with Gasteiger partial charge in [-0.1, -0.05) is 42.5 Å². The minimum Gasteiger partial charge on any atom is -0.373 e. The average molecular weight is 416 g/mol. The van der Waals surface area contributed by atoms with Crippen LogP contribution in [-0.4, -0.2) is 57.2 Å². The number of nitrogens with zero attached hydrogens (tertiary/aromatic N) is 2. The Kier molecular flexibility index (Phi) is 6.62. The van der Waals surface area contributed by atoms with Gasteiger partial charge in [0.25, 0.3) is 10.0 Å². The van der Waals surface area contributed by atoms with Crippen molar-refractivity contribution < 1.29 is 13.2 Å². The lowest BCUT2D eigenvalue weighted by Gasteiger charge is -2.35. The van der Waals surface area contributed by atoms with Crippen LogP contribution in [-0.2, 0) is 21.2 Å². The number of nitrogens with one attached hydrogen (secondary N) is 1. The Morgan fingerprint density at radius 1 is 1.03 bits per heavy atom. The summed E-state index contributed by atoms with van der Waals surface area (Å²) in [5.74, 6) is 0. The molecule has 1 fully saturated rings. The zero-order valence-electron chi connectivity index (χ0n) is 16.7. The summed E-state index contributed by atoms with van der Waals surface area (Å²) in [6.45, 7) is 4.17. The molecular weight excluding hydrogens is 386 g/mol. The molecule has 0 aromatic heterocycles. The predicted molar refractivity (Wildman–Crippen MR) is 113 cm³/mol. The lowest BCUT2D eigenvalue weighted by molar-refractivity contribution is 0.0100. The molecule has 0 spiro atoms. The highest BCUT2D eigenvalue weighted by Crippen LogP contribution is 2.30. The fourth-order valence-electron chi connectivity index (χ4n) is 4.13. The Balaban J connectivity index is 1.58. The summed E-state index contributed by atoms with van der Waals surface area (Å²) in [7, 11) is -3.62. The lowest BCUT2D eigenvalue weighted by atomic mass is 9.96. The van der Waals surface area contributed by atoms with Crippen LogP contribution in [0, 0.1) is 0 Å². The highest BCUT2D eigenvalue weighted by molar-refractivity contribution is 7.89. The average Bonchev–Trinajstić information content (AvgIpc) is 3.04. The molecular formula is C22H29N3O3S. The van der Waals surface area contributed by atoms with Gasteiger partial charge in [0.05, 0.1) is 17.6 Å². The zero-order valence-corrected chi connectivity index (χ0v) is 17.5. The van der Waals surface area contributed by atoms with Crippen LogP contribution in [0.15, 0.2) is 59.5 Å². The van der Waals surface area contributed by atoms with Crippen LogP contribution in [0.4, 0.5) is 0 Å². The summed E-state index contributed by atoms with van der Waals surface area (Å²) in [5, 5.41) is 5.34. The number of hydrogen-bond donors (Lipinski definition) is 1. The fourth-order valence-corrected chi connectivity index (χ4v) is 5.68. The van der Waals surface area contributed by atoms with E-state index in [2.05, 4.69) is 23.5 Å². The molecule has 6 nitrogen and oxygen atoms in total. The van der Waals surface area contributed by atoms with E-state index in [-0.39, 0.29) is 6.10 Å². The normalized spacial score (nSPS) is 20.9. The highest BCUT2D eigenvalue weighted by atomic mass is 32.2. The topological polar surface area (TPSA) is 61.9 Å². The molecule has 0 radical (unpaired) electrons. The molecule has 7 heteroatoms. The van der Waals surface area contributed by atoms with Crippen LogP contribution in [0.2, 0.25) is 0 Å². The summed E-state index contributed by atoms with van der Waals surface area (Å²) in [4.78, 5) is 0.335. The molecule has 2 heterocycles. The number of hydrogen-bond acceptors (Lipinski definition) is 5. The second-order valence-corrected chi connectivity index (χ2v) is 9.36. The first-order valence-electron chi connectivity index (χ1n) is 10.4. The number of hydrazine groups is 1. The zero-order chi connectivity index (χ0) is 20.1. The van der Waals surface area contributed by atoms with Crippen molar-refractivity contribution in [1.29, 1.82) is 0 Å². The van der Waals surface area contributed by atoms with E-state index in [4.69, 9.17) is 4.74 Å². The lowest BCUT2D eigenvalue weighted by Crippen LogP contribution is -2.48. The van der Waals surface area contributed by atoms with E-state index in [1.807, 2.05) is 17.1 Å². The van der Waals surface area contributed by atoms with Crippen molar-refractivity contribution in [3.05, 3.63) is 65.7 Å². The first-order chi connectivity index (χ1) is 14.2. The monoisotopic (exact) mass is 415 g/mol. The third-order valence-electron chi connectivity index (χ3n) is 5.63. The van der Waals surface area contributed by atoms with Crippen molar-refractivity contribution in [3.63, 3.8) is 0 Å². The van der Waals surface area contributed by atoms with E-state index < -0.39 is 10.0 Å². The van der Waals surface area contributed by atoms with Gasteiger partial charge in [0.2, 0.25) is 0 Å². The van der Waals surface area contributed by atoms with Gasteiger partial charge in [0, 0.05) is 26.2 Å². The fraction of sp³-hybridized carbons (Fsp3) is 0.455. The van der Waals surface area contributed by atoms with E-state index in [1.165, 1.54) is 11.1 Å². The molecule has 1 N–H and O–H groups in total. The predicted octanol–water partition coefficient (Wildman–Crippen LogP) is 2.59. The highest BCUT2D eigenvalue weighted by Gasteiger charge is 2.32. The summed E-state index contributed by atoms with van der Waals surface area (Å²) in [6, 6.07) is 17.1. The Morgan fingerprint density at radius 2 is 1.83 bits per heavy atom. The van der Waals surface area contributed by atoms with Crippen LogP contribution < -0.4 is 5.32 Å². The molecule has 4 rings (SSSR count). The minimum absolute atomic E-state index is 0.0708. The number of rotatable bonds is 6. The molecule has 156 valence electrons. The smallest absolute Gasteiger partial charge is 0.255 e. The van der Waals surface area contributed by atoms with Gasteiger partial charge in [0.15, 0.2) is 0 Å². The van der Waals surface area contributed by atoms with Gasteiger partial charge in [-0.25, -0.2) is 13.4 Å². The largest absolute Gasteiger partial charge is 0.373 e. The second kappa shape index (κ2) is 9.36. The van der Waals surface area contributed by atoms with E-state index in [1.54, 1.807) is 28.7 Å². The summed E-state index contributed by atoms with van der Waals surface area (Å²) >= 11 is 0. The number of sulfonamides is 1. The van der Waals surface area contributed by atoms with E-state index >= 15 is 0 Å². The van der Waals surface area contributed by atoms with E-state index in [0.717, 1.165) is 32.5 Å². The Bertz CT molecular complexity index is 897. The summed E-state index contributed by atoms with van der Waals surface area (Å²) < 4.78 is 34.6. The molecule has 0 aliphatic carbocycles. The Labute approximate surface area is 173 Å². The molecule has 29 heavy (non-hydrogen) atoms. The molecule has 0 saturated carbocycles. The number of ether oxygens (including phenoxy) is 1. The van der Waals surface area contributed by atoms with Crippen molar-refractivity contribution in [2.75, 3.05) is 39.3 Å². The third kappa shape index (κ3) is 4.70. The standard InChI is InChI=1S/C22H29N3O3S/c26-29(27,20-8-2-1-3-9-20)25(24-15-6-13-23-14-17-24)16-11-22-21-10-5-4-7-19(21)12-18-28-22/h1-5,7-10,22-23H,6,11-18H2. The maximum Gasteiger partial charge on any atom is 0.255 e. The van der Waals surface area contributed by atoms with E-state index in [0.29, 0.717) is 31.0 Å². The van der Waals surface area contributed by atoms with Crippen LogP contribution >= 0.6 is 0 Å². The van der Waals surface area contributed by atoms with Crippen LogP contribution in [0.1, 0.15) is 30.1 Å². The molecule has 2 aliphatic rings. The SMILES string of the molecule is O=S(=O)(c1ccccc1)N(CCC1OCCc2ccccc21)N1CCCNCC1. The van der Waals surface area contributed by atoms with Crippen molar-refractivity contribution in [2.45, 2.75) is 30.3 Å². The quantitative estimate of drug-likeness (QED) is 0.786. The van der Waals surface area contributed by atoms with Crippen molar-refractivity contribution >= 4 is 10.0 Å². The number of benzene rings is 2. The van der Waals surface area contributed by atoms with Gasteiger partial charge >= 0.3 is 0 Å². The van der Waals surface area contributed by atoms with Crippen molar-refractivity contribution in [2.24, 2.45) is 0 Å². The third-order valence-corrected chi connectivity index (χ3v) is 7.46. The van der Waals surface area contributed by atoms with Gasteiger partial charge in [-0.2, -0.15) is 0 Å². The molecule has 0 bridgehead atoms. The molecule has 1 saturated heterocycles. The Morgan fingerprint density at radius 3 is 2.69 bits per heavy atom. The van der Waals surface area contributed by atoms with Gasteiger partial charge in [-0.3, -0.25) is 0 Å². The molecule has 0 amide bonds. The molecule has 2 aromatic carbocycles. The van der Waals surface area contributed by atoms with Gasteiger partial charge in [-0.15, -0.1) is 4.41 Å². The summed E-state index contributed by atoms with van der Waals surface area (Å²) in [5.41, 5.74) is 2.49. The molecule has 2 aromatic rings. The minimum atomic E-state index is -3.62. The number of fused-ring (bicyclic) bond motifs is 1. The maximum atomic E-state index is 13.5. The van der Waals surface area contributed by atoms with Gasteiger partial charge in [0.1, 0.15) is 0 Å². The second-order valence-electron chi connectivity index (χ2n) is 7.52. The summed E-state index contributed by atoms with van der Waals surface area (Å²) in [6.07, 6.45) is 2.39. The van der Waals surface area contributed by atoms with Crippen LogP contribution in [0.3, 0.4) is 0 Å². The van der Waals surface area contributed by atoms with Gasteiger partial charge in [-0.05, 0) is 49.1 Å². The molecule has 1 unspecified atom stereocenters. The van der Waals surface area contributed by atoms with Crippen LogP contribution in [0.5, 0.6) is 0 Å². The van der Waals surface area contributed by atoms with Crippen LogP contribution in [0.25, 0.3) is 0 Å². The molecule has 1 atom stereocenters.